The summed E-state index contributed by atoms with van der Waals surface area (Å²) in [6, 6.07) is 12.7. The van der Waals surface area contributed by atoms with Gasteiger partial charge in [0.25, 0.3) is 5.91 Å². The molecule has 180 valence electrons. The number of ether oxygens (including phenoxy) is 1. The molecule has 2 aromatic carbocycles. The van der Waals surface area contributed by atoms with Gasteiger partial charge in [-0.25, -0.2) is 14.4 Å². The highest BCUT2D eigenvalue weighted by molar-refractivity contribution is 5.92. The largest absolute Gasteiger partial charge is 0.457 e. The van der Waals surface area contributed by atoms with Crippen LogP contribution >= 0.6 is 0 Å². The van der Waals surface area contributed by atoms with Crippen molar-refractivity contribution in [2.45, 2.75) is 37.9 Å². The molecule has 0 radical (unpaired) electrons. The summed E-state index contributed by atoms with van der Waals surface area (Å²) in [6.07, 6.45) is 2.84. The minimum Gasteiger partial charge on any atom is -0.457 e. The van der Waals surface area contributed by atoms with Crippen LogP contribution in [0.15, 0.2) is 48.5 Å². The Morgan fingerprint density at radius 2 is 1.86 bits per heavy atom. The summed E-state index contributed by atoms with van der Waals surface area (Å²) in [5.41, 5.74) is 7.14. The van der Waals surface area contributed by atoms with Gasteiger partial charge in [-0.15, -0.1) is 0 Å². The molecule has 5 N–H and O–H groups in total. The number of anilines is 1. The van der Waals surface area contributed by atoms with E-state index in [1.165, 1.54) is 18.2 Å². The van der Waals surface area contributed by atoms with Crippen molar-refractivity contribution in [3.05, 3.63) is 65.6 Å². The summed E-state index contributed by atoms with van der Waals surface area (Å²) in [5, 5.41) is 9.33. The topological polar surface area (TPSA) is 131 Å². The van der Waals surface area contributed by atoms with Gasteiger partial charge in [0.2, 0.25) is 5.91 Å². The van der Waals surface area contributed by atoms with Gasteiger partial charge in [0.15, 0.2) is 5.82 Å². The van der Waals surface area contributed by atoms with E-state index in [1.807, 2.05) is 12.1 Å². The van der Waals surface area contributed by atoms with Crippen LogP contribution in [0, 0.1) is 5.82 Å². The molecular weight excluding hydrogens is 451 g/mol. The van der Waals surface area contributed by atoms with E-state index in [1.54, 1.807) is 18.2 Å². The summed E-state index contributed by atoms with van der Waals surface area (Å²) in [7, 11) is 0. The SMILES string of the molecule is NC(=O)c1cc(N[C@H]2CCNC2=O)nc(-c2ccc(Oc3ccc(F)cc3)cc2CNC2CC2)n1. The zero-order chi connectivity index (χ0) is 24.4. The quantitative estimate of drug-likeness (QED) is 0.373. The molecule has 1 atom stereocenters. The Labute approximate surface area is 201 Å². The molecule has 0 spiro atoms. The molecular formula is C25H25FN6O3. The molecule has 2 fully saturated rings. The maximum atomic E-state index is 13.2. The van der Waals surface area contributed by atoms with Gasteiger partial charge in [0, 0.05) is 30.8 Å². The molecule has 10 heteroatoms. The van der Waals surface area contributed by atoms with Crippen LogP contribution in [0.2, 0.25) is 0 Å². The van der Waals surface area contributed by atoms with Gasteiger partial charge in [0.1, 0.15) is 34.9 Å². The lowest BCUT2D eigenvalue weighted by atomic mass is 10.1. The van der Waals surface area contributed by atoms with Crippen molar-refractivity contribution in [3.63, 3.8) is 0 Å². The van der Waals surface area contributed by atoms with Crippen LogP contribution in [0.25, 0.3) is 11.4 Å². The van der Waals surface area contributed by atoms with Crippen molar-refractivity contribution in [3.8, 4) is 22.9 Å². The van der Waals surface area contributed by atoms with Crippen LogP contribution in [-0.2, 0) is 11.3 Å². The number of hydrogen-bond acceptors (Lipinski definition) is 7. The molecule has 0 bridgehead atoms. The summed E-state index contributed by atoms with van der Waals surface area (Å²) in [6.45, 7) is 1.11. The fourth-order valence-electron chi connectivity index (χ4n) is 3.86. The molecule has 1 aromatic heterocycles. The number of rotatable bonds is 9. The number of carbonyl (C=O) groups is 2. The van der Waals surface area contributed by atoms with Crippen LogP contribution < -0.4 is 26.4 Å². The molecule has 1 saturated heterocycles. The molecule has 1 saturated carbocycles. The minimum absolute atomic E-state index is 0.0450. The van der Waals surface area contributed by atoms with Gasteiger partial charge < -0.3 is 26.4 Å². The fourth-order valence-corrected chi connectivity index (χ4v) is 3.86. The number of nitrogens with zero attached hydrogens (tertiary/aromatic N) is 2. The number of aromatic nitrogens is 2. The molecule has 2 heterocycles. The number of nitrogens with two attached hydrogens (primary N) is 1. The van der Waals surface area contributed by atoms with Gasteiger partial charge in [0.05, 0.1) is 0 Å². The predicted molar refractivity (Wildman–Crippen MR) is 127 cm³/mol. The molecule has 9 nitrogen and oxygen atoms in total. The maximum Gasteiger partial charge on any atom is 0.267 e. The summed E-state index contributed by atoms with van der Waals surface area (Å²) in [4.78, 5) is 33.0. The standard InChI is InChI=1S/C25H25FN6O3/c26-15-1-5-17(6-2-15)35-18-7-8-19(14(11-18)13-29-16-3-4-16)24-31-21(23(27)33)12-22(32-24)30-20-9-10-28-25(20)34/h1-2,5-8,11-12,16,20,29H,3-4,9-10,13H2,(H2,27,33)(H,28,34)(H,30,31,32)/t20-/m0/s1. The predicted octanol–water partition coefficient (Wildman–Crippen LogP) is 2.73. The number of carbonyl (C=O) groups excluding carboxylic acids is 2. The second-order valence-electron chi connectivity index (χ2n) is 8.63. The molecule has 0 unspecified atom stereocenters. The zero-order valence-corrected chi connectivity index (χ0v) is 18.9. The van der Waals surface area contributed by atoms with Crippen LogP contribution in [-0.4, -0.2) is 40.4 Å². The van der Waals surface area contributed by atoms with Crippen molar-refractivity contribution in [2.24, 2.45) is 5.73 Å². The Bertz CT molecular complexity index is 1260. The fraction of sp³-hybridized carbons (Fsp3) is 0.280. The van der Waals surface area contributed by atoms with E-state index >= 15 is 0 Å². The Morgan fingerprint density at radius 3 is 2.54 bits per heavy atom. The Morgan fingerprint density at radius 1 is 1.09 bits per heavy atom. The third kappa shape index (κ3) is 5.55. The molecule has 2 aliphatic rings. The first-order chi connectivity index (χ1) is 16.9. The number of hydrogen-bond donors (Lipinski definition) is 4. The molecule has 3 aromatic rings. The monoisotopic (exact) mass is 476 g/mol. The zero-order valence-electron chi connectivity index (χ0n) is 18.9. The Hall–Kier alpha value is -4.05. The van der Waals surface area contributed by atoms with E-state index in [-0.39, 0.29) is 17.4 Å². The minimum atomic E-state index is -0.693. The van der Waals surface area contributed by atoms with Gasteiger partial charge in [-0.05, 0) is 67.3 Å². The van der Waals surface area contributed by atoms with Crippen LogP contribution in [0.5, 0.6) is 11.5 Å². The van der Waals surface area contributed by atoms with E-state index in [2.05, 4.69) is 25.9 Å². The van der Waals surface area contributed by atoms with Gasteiger partial charge in [-0.3, -0.25) is 9.59 Å². The lowest BCUT2D eigenvalue weighted by molar-refractivity contribution is -0.119. The van der Waals surface area contributed by atoms with Crippen molar-refractivity contribution in [1.29, 1.82) is 0 Å². The third-order valence-corrected chi connectivity index (χ3v) is 5.87. The third-order valence-electron chi connectivity index (χ3n) is 5.87. The highest BCUT2D eigenvalue weighted by Gasteiger charge is 2.25. The van der Waals surface area contributed by atoms with Gasteiger partial charge in [-0.1, -0.05) is 0 Å². The van der Waals surface area contributed by atoms with Crippen molar-refractivity contribution >= 4 is 17.6 Å². The highest BCUT2D eigenvalue weighted by atomic mass is 19.1. The average molecular weight is 477 g/mol. The van der Waals surface area contributed by atoms with Crippen molar-refractivity contribution < 1.29 is 18.7 Å². The molecule has 1 aliphatic carbocycles. The second-order valence-corrected chi connectivity index (χ2v) is 8.63. The molecule has 5 rings (SSSR count). The maximum absolute atomic E-state index is 13.2. The van der Waals surface area contributed by atoms with E-state index in [4.69, 9.17) is 10.5 Å². The average Bonchev–Trinajstić information content (AvgIpc) is 3.60. The molecule has 2 amide bonds. The van der Waals surface area contributed by atoms with Crippen LogP contribution in [0.1, 0.15) is 35.3 Å². The van der Waals surface area contributed by atoms with Gasteiger partial charge in [-0.2, -0.15) is 0 Å². The van der Waals surface area contributed by atoms with E-state index in [9.17, 15) is 14.0 Å². The van der Waals surface area contributed by atoms with Crippen molar-refractivity contribution in [2.75, 3.05) is 11.9 Å². The van der Waals surface area contributed by atoms with Crippen molar-refractivity contribution in [1.82, 2.24) is 20.6 Å². The number of benzene rings is 2. The summed E-state index contributed by atoms with van der Waals surface area (Å²) in [5.74, 6) is 0.576. The van der Waals surface area contributed by atoms with Crippen LogP contribution in [0.3, 0.4) is 0 Å². The summed E-state index contributed by atoms with van der Waals surface area (Å²) < 4.78 is 19.2. The van der Waals surface area contributed by atoms with Gasteiger partial charge >= 0.3 is 0 Å². The molecule has 35 heavy (non-hydrogen) atoms. The Kier molecular flexibility index (Phi) is 6.28. The second kappa shape index (κ2) is 9.67. The number of nitrogens with one attached hydrogen (secondary N) is 3. The smallest absolute Gasteiger partial charge is 0.267 e. The highest BCUT2D eigenvalue weighted by Crippen LogP contribution is 2.30. The lowest BCUT2D eigenvalue weighted by Crippen LogP contribution is -2.30. The first-order valence-electron chi connectivity index (χ1n) is 11.5. The van der Waals surface area contributed by atoms with E-state index in [0.29, 0.717) is 54.3 Å². The summed E-state index contributed by atoms with van der Waals surface area (Å²) >= 11 is 0. The normalized spacial score (nSPS) is 17.2. The van der Waals surface area contributed by atoms with E-state index in [0.717, 1.165) is 18.4 Å². The number of amides is 2. The van der Waals surface area contributed by atoms with E-state index < -0.39 is 11.9 Å². The molecule has 1 aliphatic heterocycles. The first kappa shape index (κ1) is 22.7. The number of halogens is 1. The first-order valence-corrected chi connectivity index (χ1v) is 11.5. The number of primary amides is 1. The lowest BCUT2D eigenvalue weighted by Gasteiger charge is -2.15. The van der Waals surface area contributed by atoms with Crippen LogP contribution in [0.4, 0.5) is 10.2 Å². The Balaban J connectivity index is 1.49.